The number of aryl methyl sites for hydroxylation is 2. The monoisotopic (exact) mass is 274 g/mol. The molecule has 0 saturated carbocycles. The third kappa shape index (κ3) is 4.07. The average molecular weight is 274 g/mol. The summed E-state index contributed by atoms with van der Waals surface area (Å²) in [5.74, 6) is 0.894. The van der Waals surface area contributed by atoms with Gasteiger partial charge in [-0.25, -0.2) is 0 Å². The number of amides is 1. The number of anilines is 1. The number of benzene rings is 1. The van der Waals surface area contributed by atoms with Crippen molar-refractivity contribution in [2.45, 2.75) is 40.0 Å². The Labute approximate surface area is 122 Å². The van der Waals surface area contributed by atoms with Gasteiger partial charge in [-0.3, -0.25) is 4.79 Å². The van der Waals surface area contributed by atoms with Crippen LogP contribution in [0, 0.1) is 19.8 Å². The predicted octanol–water partition coefficient (Wildman–Crippen LogP) is 3.36. The number of nitrogens with zero attached hydrogens (tertiary/aromatic N) is 1. The molecule has 0 aromatic heterocycles. The van der Waals surface area contributed by atoms with Crippen LogP contribution in [-0.4, -0.2) is 30.4 Å². The largest absolute Gasteiger partial charge is 0.326 e. The second kappa shape index (κ2) is 6.89. The van der Waals surface area contributed by atoms with E-state index in [2.05, 4.69) is 17.1 Å². The summed E-state index contributed by atoms with van der Waals surface area (Å²) in [5, 5.41) is 3.06. The molecule has 1 N–H and O–H groups in total. The van der Waals surface area contributed by atoms with E-state index >= 15 is 0 Å². The van der Waals surface area contributed by atoms with Crippen LogP contribution in [0.1, 0.15) is 37.3 Å². The zero-order valence-corrected chi connectivity index (χ0v) is 12.9. The molecule has 1 unspecified atom stereocenters. The van der Waals surface area contributed by atoms with Crippen molar-refractivity contribution in [2.24, 2.45) is 5.92 Å². The smallest absolute Gasteiger partial charge is 0.225 e. The first-order valence-corrected chi connectivity index (χ1v) is 7.64. The molecular weight excluding hydrogens is 248 g/mol. The molecule has 1 aliphatic rings. The van der Waals surface area contributed by atoms with Crippen molar-refractivity contribution in [3.05, 3.63) is 29.3 Å². The van der Waals surface area contributed by atoms with Crippen LogP contribution in [0.25, 0.3) is 0 Å². The maximum atomic E-state index is 12.1. The van der Waals surface area contributed by atoms with Gasteiger partial charge in [-0.15, -0.1) is 0 Å². The summed E-state index contributed by atoms with van der Waals surface area (Å²) in [7, 11) is 0. The molecule has 0 aliphatic carbocycles. The number of piperidine rings is 1. The number of carbonyl (C=O) groups excluding carboxylic acids is 1. The van der Waals surface area contributed by atoms with Crippen molar-refractivity contribution in [1.29, 1.82) is 0 Å². The van der Waals surface area contributed by atoms with E-state index in [1.807, 2.05) is 32.0 Å². The van der Waals surface area contributed by atoms with Gasteiger partial charge in [0, 0.05) is 25.2 Å². The highest BCUT2D eigenvalue weighted by molar-refractivity contribution is 5.92. The molecule has 1 amide bonds. The molecular formula is C17H26N2O. The van der Waals surface area contributed by atoms with Crippen LogP contribution in [0.4, 0.5) is 5.69 Å². The van der Waals surface area contributed by atoms with Gasteiger partial charge < -0.3 is 10.2 Å². The fourth-order valence-corrected chi connectivity index (χ4v) is 2.96. The lowest BCUT2D eigenvalue weighted by atomic mass is 10.0. The van der Waals surface area contributed by atoms with Gasteiger partial charge in [0.05, 0.1) is 0 Å². The molecule has 1 aliphatic heterocycles. The van der Waals surface area contributed by atoms with Gasteiger partial charge in [0.1, 0.15) is 0 Å². The van der Waals surface area contributed by atoms with Crippen LogP contribution in [0.5, 0.6) is 0 Å². The molecule has 1 fully saturated rings. The van der Waals surface area contributed by atoms with Gasteiger partial charge in [0.25, 0.3) is 0 Å². The van der Waals surface area contributed by atoms with Crippen molar-refractivity contribution >= 4 is 11.6 Å². The highest BCUT2D eigenvalue weighted by Crippen LogP contribution is 2.20. The molecule has 3 heteroatoms. The molecule has 1 aromatic rings. The van der Waals surface area contributed by atoms with Crippen LogP contribution >= 0.6 is 0 Å². The minimum Gasteiger partial charge on any atom is -0.326 e. The number of hydrogen-bond acceptors (Lipinski definition) is 2. The Kier molecular flexibility index (Phi) is 5.18. The minimum atomic E-state index is 0.126. The number of carbonyl (C=O) groups is 1. The average Bonchev–Trinajstić information content (AvgIpc) is 2.41. The number of nitrogens with one attached hydrogen (secondary N) is 1. The molecule has 0 radical (unpaired) electrons. The Morgan fingerprint density at radius 3 is 2.70 bits per heavy atom. The number of hydrogen-bond donors (Lipinski definition) is 1. The Bertz CT molecular complexity index is 450. The molecule has 0 bridgehead atoms. The topological polar surface area (TPSA) is 32.3 Å². The highest BCUT2D eigenvalue weighted by Gasteiger charge is 2.17. The van der Waals surface area contributed by atoms with E-state index in [4.69, 9.17) is 0 Å². The molecule has 1 saturated heterocycles. The summed E-state index contributed by atoms with van der Waals surface area (Å²) in [6, 6.07) is 6.10. The molecule has 20 heavy (non-hydrogen) atoms. The summed E-state index contributed by atoms with van der Waals surface area (Å²) in [6.07, 6.45) is 3.17. The SMILES string of the molecule is Cc1cccc(C)c1NC(=O)CCN1CCCC(C)C1. The lowest BCUT2D eigenvalue weighted by molar-refractivity contribution is -0.116. The van der Waals surface area contributed by atoms with Crippen molar-refractivity contribution < 1.29 is 4.79 Å². The minimum absolute atomic E-state index is 0.126. The van der Waals surface area contributed by atoms with Gasteiger partial charge in [0.2, 0.25) is 5.91 Å². The standard InChI is InChI=1S/C17H26N2O/c1-13-6-5-10-19(12-13)11-9-16(20)18-17-14(2)7-4-8-15(17)3/h4,7-8,13H,5-6,9-12H2,1-3H3,(H,18,20). The van der Waals surface area contributed by atoms with Crippen LogP contribution < -0.4 is 5.32 Å². The lowest BCUT2D eigenvalue weighted by Gasteiger charge is -2.30. The summed E-state index contributed by atoms with van der Waals surface area (Å²) in [4.78, 5) is 14.5. The Morgan fingerprint density at radius 1 is 1.35 bits per heavy atom. The van der Waals surface area contributed by atoms with E-state index in [-0.39, 0.29) is 5.91 Å². The number of para-hydroxylation sites is 1. The first-order valence-electron chi connectivity index (χ1n) is 7.64. The molecule has 1 heterocycles. The summed E-state index contributed by atoms with van der Waals surface area (Å²) in [5.41, 5.74) is 3.24. The molecule has 1 atom stereocenters. The van der Waals surface area contributed by atoms with Crippen LogP contribution in [0.2, 0.25) is 0 Å². The normalized spacial score (nSPS) is 19.9. The van der Waals surface area contributed by atoms with E-state index < -0.39 is 0 Å². The number of likely N-dealkylation sites (tertiary alicyclic amines) is 1. The molecule has 1 aromatic carbocycles. The van der Waals surface area contributed by atoms with Crippen LogP contribution in [0.15, 0.2) is 18.2 Å². The van der Waals surface area contributed by atoms with Gasteiger partial charge in [-0.1, -0.05) is 25.1 Å². The van der Waals surface area contributed by atoms with Gasteiger partial charge in [-0.2, -0.15) is 0 Å². The highest BCUT2D eigenvalue weighted by atomic mass is 16.1. The first kappa shape index (κ1) is 15.0. The second-order valence-electron chi connectivity index (χ2n) is 6.11. The quantitative estimate of drug-likeness (QED) is 0.913. The fourth-order valence-electron chi connectivity index (χ4n) is 2.96. The van der Waals surface area contributed by atoms with Crippen LogP contribution in [0.3, 0.4) is 0 Å². The third-order valence-electron chi connectivity index (χ3n) is 4.14. The summed E-state index contributed by atoms with van der Waals surface area (Å²) < 4.78 is 0. The maximum absolute atomic E-state index is 12.1. The van der Waals surface area contributed by atoms with Crippen molar-refractivity contribution in [1.82, 2.24) is 4.90 Å². The van der Waals surface area contributed by atoms with Crippen molar-refractivity contribution in [3.63, 3.8) is 0 Å². The predicted molar refractivity (Wildman–Crippen MR) is 84.0 cm³/mol. The van der Waals surface area contributed by atoms with Gasteiger partial charge in [0.15, 0.2) is 0 Å². The number of rotatable bonds is 4. The molecule has 0 spiro atoms. The Balaban J connectivity index is 1.83. The van der Waals surface area contributed by atoms with Gasteiger partial charge in [-0.05, 0) is 50.3 Å². The molecule has 110 valence electrons. The third-order valence-corrected chi connectivity index (χ3v) is 4.14. The van der Waals surface area contributed by atoms with E-state index in [1.165, 1.54) is 12.8 Å². The fraction of sp³-hybridized carbons (Fsp3) is 0.588. The first-order chi connectivity index (χ1) is 9.56. The molecule has 2 rings (SSSR count). The van der Waals surface area contributed by atoms with E-state index in [1.54, 1.807) is 0 Å². The Morgan fingerprint density at radius 2 is 2.05 bits per heavy atom. The zero-order valence-electron chi connectivity index (χ0n) is 12.9. The molecule has 3 nitrogen and oxygen atoms in total. The van der Waals surface area contributed by atoms with Crippen molar-refractivity contribution in [3.8, 4) is 0 Å². The van der Waals surface area contributed by atoms with Crippen LogP contribution in [-0.2, 0) is 4.79 Å². The Hall–Kier alpha value is -1.35. The zero-order chi connectivity index (χ0) is 14.5. The van der Waals surface area contributed by atoms with E-state index in [9.17, 15) is 4.79 Å². The van der Waals surface area contributed by atoms with Crippen molar-refractivity contribution in [2.75, 3.05) is 25.0 Å². The summed E-state index contributed by atoms with van der Waals surface area (Å²) >= 11 is 0. The van der Waals surface area contributed by atoms with E-state index in [0.717, 1.165) is 42.4 Å². The second-order valence-corrected chi connectivity index (χ2v) is 6.11. The van der Waals surface area contributed by atoms with E-state index in [0.29, 0.717) is 6.42 Å². The lowest BCUT2D eigenvalue weighted by Crippen LogP contribution is -2.36. The summed E-state index contributed by atoms with van der Waals surface area (Å²) in [6.45, 7) is 9.52. The maximum Gasteiger partial charge on any atom is 0.225 e. The van der Waals surface area contributed by atoms with Gasteiger partial charge >= 0.3 is 0 Å².